The quantitative estimate of drug-likeness (QED) is 0.748. The minimum Gasteiger partial charge on any atom is -0.314 e. The molecule has 0 bridgehead atoms. The van der Waals surface area contributed by atoms with Gasteiger partial charge in [-0.25, -0.2) is 4.39 Å². The van der Waals surface area contributed by atoms with E-state index in [9.17, 15) is 4.39 Å². The van der Waals surface area contributed by atoms with Crippen LogP contribution in [0.4, 0.5) is 4.39 Å². The Balaban J connectivity index is 2.83. The van der Waals surface area contributed by atoms with Crippen LogP contribution >= 0.6 is 27.5 Å². The predicted octanol–water partition coefficient (Wildman–Crippen LogP) is 4.98. The lowest BCUT2D eigenvalue weighted by Gasteiger charge is -2.23. The Morgan fingerprint density at radius 3 is 2.44 bits per heavy atom. The minimum atomic E-state index is -0.310. The molecule has 0 fully saturated rings. The monoisotopic (exact) mass is 335 g/mol. The summed E-state index contributed by atoms with van der Waals surface area (Å²) in [5, 5.41) is 3.55. The van der Waals surface area contributed by atoms with Gasteiger partial charge in [0.15, 0.2) is 0 Å². The molecule has 1 aromatic carbocycles. The maximum Gasteiger partial charge on any atom is 0.146 e. The van der Waals surface area contributed by atoms with Crippen molar-refractivity contribution in [1.29, 1.82) is 0 Å². The van der Waals surface area contributed by atoms with Gasteiger partial charge in [0.1, 0.15) is 5.82 Å². The summed E-state index contributed by atoms with van der Waals surface area (Å²) in [7, 11) is 0. The third-order valence-corrected chi connectivity index (χ3v) is 4.52. The van der Waals surface area contributed by atoms with Crippen molar-refractivity contribution < 1.29 is 4.39 Å². The molecule has 1 nitrogen and oxygen atoms in total. The van der Waals surface area contributed by atoms with E-state index in [0.29, 0.717) is 22.0 Å². The molecule has 0 aliphatic rings. The topological polar surface area (TPSA) is 12.0 Å². The van der Waals surface area contributed by atoms with Gasteiger partial charge >= 0.3 is 0 Å². The van der Waals surface area contributed by atoms with E-state index in [4.69, 9.17) is 11.6 Å². The first-order valence-corrected chi connectivity index (χ1v) is 7.38. The molecule has 2 unspecified atom stereocenters. The van der Waals surface area contributed by atoms with Crippen LogP contribution in [0.25, 0.3) is 0 Å². The van der Waals surface area contributed by atoms with E-state index in [0.717, 1.165) is 6.54 Å². The lowest BCUT2D eigenvalue weighted by Crippen LogP contribution is -2.30. The summed E-state index contributed by atoms with van der Waals surface area (Å²) in [6.45, 7) is 9.24. The summed E-state index contributed by atoms with van der Waals surface area (Å²) in [5.74, 6) is 0.163. The number of hydrogen-bond donors (Lipinski definition) is 1. The van der Waals surface area contributed by atoms with E-state index in [2.05, 4.69) is 42.0 Å². The molecule has 2 atom stereocenters. The molecule has 0 amide bonds. The summed E-state index contributed by atoms with van der Waals surface area (Å²) in [6, 6.07) is 4.06. The van der Waals surface area contributed by atoms with Crippen molar-refractivity contribution >= 4 is 27.5 Å². The highest BCUT2D eigenvalue weighted by molar-refractivity contribution is 9.10. The molecule has 0 saturated heterocycles. The molecule has 102 valence electrons. The van der Waals surface area contributed by atoms with Gasteiger partial charge in [0.05, 0.1) is 5.02 Å². The van der Waals surface area contributed by atoms with Crippen molar-refractivity contribution in [3.8, 4) is 0 Å². The molecular weight excluding hydrogens is 317 g/mol. The molecule has 0 aromatic heterocycles. The average molecular weight is 337 g/mol. The fraction of sp³-hybridized carbons (Fsp3) is 0.571. The summed E-state index contributed by atoms with van der Waals surface area (Å²) in [6.07, 6.45) is 0. The number of halogens is 3. The summed E-state index contributed by atoms with van der Waals surface area (Å²) in [4.78, 5) is 0. The van der Waals surface area contributed by atoms with Crippen LogP contribution in [0.15, 0.2) is 16.6 Å². The largest absolute Gasteiger partial charge is 0.314 e. The van der Waals surface area contributed by atoms with E-state index in [1.54, 1.807) is 6.07 Å². The highest BCUT2D eigenvalue weighted by atomic mass is 79.9. The Labute approximate surface area is 122 Å². The Morgan fingerprint density at radius 1 is 1.28 bits per heavy atom. The molecule has 0 radical (unpaired) electrons. The Bertz CT molecular complexity index is 409. The van der Waals surface area contributed by atoms with Gasteiger partial charge in [-0.1, -0.05) is 45.4 Å². The van der Waals surface area contributed by atoms with Crippen LogP contribution in [0.3, 0.4) is 0 Å². The second-order valence-electron chi connectivity index (χ2n) is 5.09. The second kappa shape index (κ2) is 6.88. The van der Waals surface area contributed by atoms with Gasteiger partial charge in [0.25, 0.3) is 0 Å². The summed E-state index contributed by atoms with van der Waals surface area (Å²) < 4.78 is 14.7. The first-order valence-electron chi connectivity index (χ1n) is 6.21. The Hall–Kier alpha value is -0.120. The van der Waals surface area contributed by atoms with Gasteiger partial charge in [-0.3, -0.25) is 0 Å². The van der Waals surface area contributed by atoms with Crippen LogP contribution in [-0.4, -0.2) is 12.6 Å². The average Bonchev–Trinajstić information content (AvgIpc) is 2.32. The molecule has 0 heterocycles. The van der Waals surface area contributed by atoms with E-state index in [1.165, 1.54) is 0 Å². The van der Waals surface area contributed by atoms with Crippen LogP contribution in [0.1, 0.15) is 39.2 Å². The first kappa shape index (κ1) is 15.9. The molecule has 18 heavy (non-hydrogen) atoms. The lowest BCUT2D eigenvalue weighted by molar-refractivity contribution is 0.416. The zero-order chi connectivity index (χ0) is 13.9. The molecule has 1 aromatic rings. The highest BCUT2D eigenvalue weighted by Gasteiger charge is 2.20. The van der Waals surface area contributed by atoms with Gasteiger partial charge in [0, 0.05) is 10.5 Å². The molecule has 0 saturated carbocycles. The third kappa shape index (κ3) is 3.94. The number of nitrogens with one attached hydrogen (secondary N) is 1. The molecular formula is C14H20BrClFN. The van der Waals surface area contributed by atoms with E-state index in [1.807, 2.05) is 13.0 Å². The zero-order valence-electron chi connectivity index (χ0n) is 11.2. The van der Waals surface area contributed by atoms with Crippen molar-refractivity contribution in [2.24, 2.45) is 5.92 Å². The molecule has 1 rings (SSSR count). The Morgan fingerprint density at radius 2 is 1.89 bits per heavy atom. The Kier molecular flexibility index (Phi) is 6.09. The van der Waals surface area contributed by atoms with Gasteiger partial charge in [0.2, 0.25) is 0 Å². The first-order chi connectivity index (χ1) is 8.34. The van der Waals surface area contributed by atoms with Crippen molar-refractivity contribution in [2.75, 3.05) is 6.54 Å². The molecule has 0 aliphatic heterocycles. The van der Waals surface area contributed by atoms with Crippen molar-refractivity contribution in [3.05, 3.63) is 33.0 Å². The van der Waals surface area contributed by atoms with Crippen LogP contribution in [0, 0.1) is 11.7 Å². The van der Waals surface area contributed by atoms with E-state index >= 15 is 0 Å². The highest BCUT2D eigenvalue weighted by Crippen LogP contribution is 2.33. The van der Waals surface area contributed by atoms with E-state index < -0.39 is 0 Å². The van der Waals surface area contributed by atoms with Crippen molar-refractivity contribution in [2.45, 2.75) is 39.7 Å². The minimum absolute atomic E-state index is 0.127. The maximum atomic E-state index is 14.1. The third-order valence-electron chi connectivity index (χ3n) is 3.26. The fourth-order valence-electron chi connectivity index (χ4n) is 1.80. The van der Waals surface area contributed by atoms with Crippen molar-refractivity contribution in [1.82, 2.24) is 5.32 Å². The van der Waals surface area contributed by atoms with E-state index in [-0.39, 0.29) is 16.8 Å². The summed E-state index contributed by atoms with van der Waals surface area (Å²) >= 11 is 9.15. The fourth-order valence-corrected chi connectivity index (χ4v) is 2.28. The molecule has 4 heteroatoms. The number of benzene rings is 1. The second-order valence-corrected chi connectivity index (χ2v) is 6.33. The van der Waals surface area contributed by atoms with Gasteiger partial charge in [-0.2, -0.15) is 0 Å². The summed E-state index contributed by atoms with van der Waals surface area (Å²) in [5.41, 5.74) is 0.682. The van der Waals surface area contributed by atoms with Crippen LogP contribution in [-0.2, 0) is 0 Å². The van der Waals surface area contributed by atoms with Crippen LogP contribution in [0.2, 0.25) is 5.02 Å². The zero-order valence-corrected chi connectivity index (χ0v) is 13.6. The van der Waals surface area contributed by atoms with Gasteiger partial charge in [-0.15, -0.1) is 0 Å². The van der Waals surface area contributed by atoms with Gasteiger partial charge < -0.3 is 5.32 Å². The van der Waals surface area contributed by atoms with Crippen LogP contribution in [0.5, 0.6) is 0 Å². The molecule has 0 spiro atoms. The molecule has 1 N–H and O–H groups in total. The smallest absolute Gasteiger partial charge is 0.146 e. The van der Waals surface area contributed by atoms with Crippen molar-refractivity contribution in [3.63, 3.8) is 0 Å². The SMILES string of the molecule is CC(C)NCC(C)C(C)c1ccc(Br)c(Cl)c1F. The molecule has 0 aliphatic carbocycles. The standard InChI is InChI=1S/C14H20BrClFN/c1-8(2)18-7-9(3)10(4)11-5-6-12(15)13(16)14(11)17/h5-6,8-10,18H,7H2,1-4H3. The number of hydrogen-bond acceptors (Lipinski definition) is 1. The number of rotatable bonds is 5. The van der Waals surface area contributed by atoms with Gasteiger partial charge in [-0.05, 0) is 45.9 Å². The predicted molar refractivity (Wildman–Crippen MR) is 79.8 cm³/mol. The lowest BCUT2D eigenvalue weighted by atomic mass is 9.88. The maximum absolute atomic E-state index is 14.1. The van der Waals surface area contributed by atoms with Crippen LogP contribution < -0.4 is 5.32 Å². The normalized spacial score (nSPS) is 14.9.